The smallest absolute Gasteiger partial charge is 0.135 e. The van der Waals surface area contributed by atoms with Crippen LogP contribution in [-0.2, 0) is 0 Å². The van der Waals surface area contributed by atoms with E-state index in [1.54, 1.807) is 13.1 Å². The molecule has 0 spiro atoms. The number of nitrogens with one attached hydrogen (secondary N) is 4. The van der Waals surface area contributed by atoms with Crippen molar-refractivity contribution in [1.29, 1.82) is 10.8 Å². The molecule has 7 heteroatoms. The molecule has 134 valence electrons. The minimum atomic E-state index is -0.874. The highest BCUT2D eigenvalue weighted by atomic mass is 19.1. The number of benzene rings is 1. The zero-order chi connectivity index (χ0) is 18.2. The first-order chi connectivity index (χ1) is 12.0. The second-order valence-corrected chi connectivity index (χ2v) is 6.08. The molecule has 0 heterocycles. The number of rotatable bonds is 9. The van der Waals surface area contributed by atoms with Crippen LogP contribution in [0.5, 0.6) is 0 Å². The van der Waals surface area contributed by atoms with Crippen molar-refractivity contribution in [2.75, 3.05) is 13.1 Å². The van der Waals surface area contributed by atoms with Gasteiger partial charge in [0.2, 0.25) is 0 Å². The standard InChI is InChI=1S/C18H24FN5O/c1-12(25)17-6-15(19)4-5-16(17)18(24-11-21)23-10-14(7-20)9-22-8-13-2-3-13/h4-7,9,11-13,20,22,25H,2-3,8,10H2,1H3,(H2,21,23,24)/b14-9+,20-7?/t12-/m1/s1. The van der Waals surface area contributed by atoms with Crippen molar-refractivity contribution in [2.45, 2.75) is 25.9 Å². The fourth-order valence-electron chi connectivity index (χ4n) is 2.38. The summed E-state index contributed by atoms with van der Waals surface area (Å²) in [7, 11) is 0. The second kappa shape index (κ2) is 9.08. The number of aliphatic hydroxyl groups is 1. The Morgan fingerprint density at radius 3 is 2.80 bits per heavy atom. The highest BCUT2D eigenvalue weighted by molar-refractivity contribution is 6.03. The van der Waals surface area contributed by atoms with Crippen molar-refractivity contribution >= 4 is 18.4 Å². The lowest BCUT2D eigenvalue weighted by atomic mass is 10.0. The Hall–Kier alpha value is -2.54. The van der Waals surface area contributed by atoms with Gasteiger partial charge in [0.05, 0.1) is 6.10 Å². The maximum atomic E-state index is 13.5. The lowest BCUT2D eigenvalue weighted by Crippen LogP contribution is -2.29. The zero-order valence-electron chi connectivity index (χ0n) is 14.2. The SMILES string of the molecule is C[C@@H](O)c1cc(F)ccc1/C(=N/C=N)NC/C(C=N)=C/NCC1CC1. The summed E-state index contributed by atoms with van der Waals surface area (Å²) in [5.74, 6) is 0.637. The van der Waals surface area contributed by atoms with Gasteiger partial charge in [-0.05, 0) is 49.4 Å². The third-order valence-corrected chi connectivity index (χ3v) is 3.95. The maximum Gasteiger partial charge on any atom is 0.135 e. The van der Waals surface area contributed by atoms with Gasteiger partial charge in [0, 0.05) is 36.6 Å². The van der Waals surface area contributed by atoms with E-state index in [0.29, 0.717) is 23.5 Å². The Balaban J connectivity index is 2.11. The molecule has 6 nitrogen and oxygen atoms in total. The Labute approximate surface area is 146 Å². The van der Waals surface area contributed by atoms with Crippen LogP contribution >= 0.6 is 0 Å². The van der Waals surface area contributed by atoms with Gasteiger partial charge in [0.1, 0.15) is 18.0 Å². The van der Waals surface area contributed by atoms with Crippen molar-refractivity contribution in [2.24, 2.45) is 10.9 Å². The monoisotopic (exact) mass is 345 g/mol. The van der Waals surface area contributed by atoms with Crippen LogP contribution in [0.3, 0.4) is 0 Å². The maximum absolute atomic E-state index is 13.5. The summed E-state index contributed by atoms with van der Waals surface area (Å²) in [5.41, 5.74) is 1.63. The first kappa shape index (κ1) is 18.8. The number of hydrogen-bond acceptors (Lipinski definition) is 4. The number of amidine groups is 1. The van der Waals surface area contributed by atoms with Crippen LogP contribution in [0.15, 0.2) is 35.0 Å². The lowest BCUT2D eigenvalue weighted by molar-refractivity contribution is 0.198. The average Bonchev–Trinajstić information content (AvgIpc) is 3.41. The summed E-state index contributed by atoms with van der Waals surface area (Å²) in [6, 6.07) is 4.06. The quantitative estimate of drug-likeness (QED) is 0.350. The van der Waals surface area contributed by atoms with Crippen LogP contribution in [0.25, 0.3) is 0 Å². The summed E-state index contributed by atoms with van der Waals surface area (Å²) in [6.07, 6.45) is 5.55. The topological polar surface area (TPSA) is 104 Å². The van der Waals surface area contributed by atoms with Gasteiger partial charge >= 0.3 is 0 Å². The summed E-state index contributed by atoms with van der Waals surface area (Å²) in [6.45, 7) is 2.78. The van der Waals surface area contributed by atoms with Gasteiger partial charge < -0.3 is 21.1 Å². The molecule has 1 atom stereocenters. The number of nitrogens with zero attached hydrogens (tertiary/aromatic N) is 1. The van der Waals surface area contributed by atoms with Gasteiger partial charge in [-0.15, -0.1) is 0 Å². The van der Waals surface area contributed by atoms with E-state index in [-0.39, 0.29) is 0 Å². The highest BCUT2D eigenvalue weighted by Crippen LogP contribution is 2.27. The molecule has 1 aliphatic rings. The average molecular weight is 345 g/mol. The van der Waals surface area contributed by atoms with Gasteiger partial charge in [0.15, 0.2) is 0 Å². The molecule has 1 aromatic rings. The first-order valence-electron chi connectivity index (χ1n) is 8.26. The van der Waals surface area contributed by atoms with Gasteiger partial charge in [0.25, 0.3) is 0 Å². The van der Waals surface area contributed by atoms with Crippen LogP contribution in [0.2, 0.25) is 0 Å². The molecule has 0 unspecified atom stereocenters. The lowest BCUT2D eigenvalue weighted by Gasteiger charge is -2.16. The summed E-state index contributed by atoms with van der Waals surface area (Å²) >= 11 is 0. The van der Waals surface area contributed by atoms with Crippen molar-refractivity contribution < 1.29 is 9.50 Å². The van der Waals surface area contributed by atoms with E-state index in [1.165, 1.54) is 37.3 Å². The summed E-state index contributed by atoms with van der Waals surface area (Å²) in [4.78, 5) is 3.98. The summed E-state index contributed by atoms with van der Waals surface area (Å²) < 4.78 is 13.5. The summed E-state index contributed by atoms with van der Waals surface area (Å²) in [5, 5.41) is 30.9. The minimum absolute atomic E-state index is 0.324. The van der Waals surface area contributed by atoms with E-state index in [2.05, 4.69) is 15.6 Å². The molecule has 0 aliphatic heterocycles. The molecule has 25 heavy (non-hydrogen) atoms. The molecular formula is C18H24FN5O. The second-order valence-electron chi connectivity index (χ2n) is 6.08. The van der Waals surface area contributed by atoms with Crippen LogP contribution in [-0.4, -0.2) is 36.6 Å². The van der Waals surface area contributed by atoms with Crippen molar-refractivity contribution in [3.63, 3.8) is 0 Å². The van der Waals surface area contributed by atoms with Gasteiger partial charge in [-0.1, -0.05) is 0 Å². The van der Waals surface area contributed by atoms with Gasteiger partial charge in [-0.3, -0.25) is 5.41 Å². The van der Waals surface area contributed by atoms with E-state index >= 15 is 0 Å². The molecular weight excluding hydrogens is 321 g/mol. The first-order valence-corrected chi connectivity index (χ1v) is 8.26. The number of aliphatic imine (C=N–C) groups is 1. The van der Waals surface area contributed by atoms with Gasteiger partial charge in [-0.2, -0.15) is 0 Å². The van der Waals surface area contributed by atoms with E-state index in [4.69, 9.17) is 10.8 Å². The van der Waals surface area contributed by atoms with Crippen LogP contribution < -0.4 is 10.6 Å². The molecule has 0 radical (unpaired) electrons. The van der Waals surface area contributed by atoms with Gasteiger partial charge in [-0.25, -0.2) is 9.38 Å². The Kier molecular flexibility index (Phi) is 6.82. The van der Waals surface area contributed by atoms with Crippen LogP contribution in [0, 0.1) is 22.6 Å². The molecule has 1 aliphatic carbocycles. The Morgan fingerprint density at radius 1 is 1.44 bits per heavy atom. The fraction of sp³-hybridized carbons (Fsp3) is 0.389. The predicted octanol–water partition coefficient (Wildman–Crippen LogP) is 2.36. The molecule has 1 fully saturated rings. The van der Waals surface area contributed by atoms with Crippen LogP contribution in [0.4, 0.5) is 4.39 Å². The number of halogens is 1. The normalized spacial score (nSPS) is 16.3. The third kappa shape index (κ3) is 5.79. The van der Waals surface area contributed by atoms with E-state index < -0.39 is 11.9 Å². The van der Waals surface area contributed by atoms with Crippen LogP contribution in [0.1, 0.15) is 37.0 Å². The van der Waals surface area contributed by atoms with E-state index in [0.717, 1.165) is 24.4 Å². The highest BCUT2D eigenvalue weighted by Gasteiger charge is 2.20. The molecule has 0 amide bonds. The molecule has 0 aromatic heterocycles. The molecule has 2 rings (SSSR count). The largest absolute Gasteiger partial charge is 0.390 e. The predicted molar refractivity (Wildman–Crippen MR) is 98.0 cm³/mol. The Bertz CT molecular complexity index is 680. The molecule has 1 saturated carbocycles. The third-order valence-electron chi connectivity index (χ3n) is 3.95. The zero-order valence-corrected chi connectivity index (χ0v) is 14.2. The number of hydrogen-bond donors (Lipinski definition) is 5. The number of aliphatic hydroxyl groups excluding tert-OH is 1. The minimum Gasteiger partial charge on any atom is -0.390 e. The molecule has 5 N–H and O–H groups in total. The Morgan fingerprint density at radius 2 is 2.20 bits per heavy atom. The van der Waals surface area contributed by atoms with Crippen molar-refractivity contribution in [3.05, 3.63) is 46.9 Å². The van der Waals surface area contributed by atoms with Crippen molar-refractivity contribution in [3.8, 4) is 0 Å². The van der Waals surface area contributed by atoms with Crippen molar-refractivity contribution in [1.82, 2.24) is 10.6 Å². The fourth-order valence-corrected chi connectivity index (χ4v) is 2.38. The molecule has 1 aromatic carbocycles. The van der Waals surface area contributed by atoms with E-state index in [1.807, 2.05) is 0 Å². The molecule has 0 bridgehead atoms. The van der Waals surface area contributed by atoms with E-state index in [9.17, 15) is 9.50 Å². The molecule has 0 saturated heterocycles.